The zero-order chi connectivity index (χ0) is 16.0. The molecular weight excluding hydrogens is 300 g/mol. The Bertz CT molecular complexity index is 561. The molecule has 7 nitrogen and oxygen atoms in total. The van der Waals surface area contributed by atoms with E-state index >= 15 is 0 Å². The van der Waals surface area contributed by atoms with Gasteiger partial charge in [-0.2, -0.15) is 0 Å². The maximum absolute atomic E-state index is 11.7. The third-order valence-electron chi connectivity index (χ3n) is 2.62. The van der Waals surface area contributed by atoms with Gasteiger partial charge in [0.2, 0.25) is 0 Å². The molecule has 0 heterocycles. The summed E-state index contributed by atoms with van der Waals surface area (Å²) >= 11 is 5.91. The second-order valence-corrected chi connectivity index (χ2v) is 4.81. The van der Waals surface area contributed by atoms with E-state index in [1.807, 2.05) is 6.92 Å². The average Bonchev–Trinajstić information content (AvgIpc) is 2.38. The highest BCUT2D eigenvalue weighted by Crippen LogP contribution is 2.22. The molecule has 1 rings (SSSR count). The van der Waals surface area contributed by atoms with Crippen LogP contribution in [0.2, 0.25) is 5.02 Å². The van der Waals surface area contributed by atoms with E-state index in [4.69, 9.17) is 21.8 Å². The lowest BCUT2D eigenvalue weighted by Crippen LogP contribution is -2.43. The largest absolute Gasteiger partial charge is 0.481 e. The van der Waals surface area contributed by atoms with E-state index in [9.17, 15) is 14.4 Å². The molecular formula is C13H15ClN2O5. The Labute approximate surface area is 125 Å². The van der Waals surface area contributed by atoms with E-state index in [1.54, 1.807) is 18.2 Å². The quantitative estimate of drug-likeness (QED) is 0.641. The Hall–Kier alpha value is -2.28. The maximum Gasteiger partial charge on any atom is 0.326 e. The van der Waals surface area contributed by atoms with Crippen molar-refractivity contribution >= 4 is 35.3 Å². The molecule has 0 aliphatic carbocycles. The van der Waals surface area contributed by atoms with Gasteiger partial charge < -0.3 is 20.8 Å². The van der Waals surface area contributed by atoms with Gasteiger partial charge in [0, 0.05) is 6.42 Å². The molecule has 0 saturated heterocycles. The molecule has 1 aromatic rings. The first-order valence-electron chi connectivity index (χ1n) is 6.08. The lowest BCUT2D eigenvalue weighted by Gasteiger charge is -2.15. The smallest absolute Gasteiger partial charge is 0.326 e. The van der Waals surface area contributed by atoms with Crippen LogP contribution in [0.25, 0.3) is 0 Å². The van der Waals surface area contributed by atoms with Crippen molar-refractivity contribution in [1.82, 2.24) is 5.32 Å². The van der Waals surface area contributed by atoms with Gasteiger partial charge in [-0.15, -0.1) is 0 Å². The molecule has 21 heavy (non-hydrogen) atoms. The second-order valence-electron chi connectivity index (χ2n) is 4.40. The van der Waals surface area contributed by atoms with E-state index < -0.39 is 24.0 Å². The van der Waals surface area contributed by atoms with E-state index in [1.165, 1.54) is 0 Å². The van der Waals surface area contributed by atoms with Gasteiger partial charge in [0.05, 0.1) is 10.7 Å². The minimum Gasteiger partial charge on any atom is -0.481 e. The van der Waals surface area contributed by atoms with Gasteiger partial charge in [-0.3, -0.25) is 4.79 Å². The molecule has 2 amide bonds. The molecule has 4 N–H and O–H groups in total. The summed E-state index contributed by atoms with van der Waals surface area (Å²) in [5.41, 5.74) is 1.21. The van der Waals surface area contributed by atoms with Gasteiger partial charge in [-0.05, 0) is 31.0 Å². The van der Waals surface area contributed by atoms with Crippen LogP contribution in [0.3, 0.4) is 0 Å². The predicted octanol–water partition coefficient (Wildman–Crippen LogP) is 2.09. The number of amides is 2. The maximum atomic E-state index is 11.7. The molecule has 0 radical (unpaired) electrons. The number of hydrogen-bond donors (Lipinski definition) is 4. The van der Waals surface area contributed by atoms with E-state index in [0.717, 1.165) is 5.56 Å². The highest BCUT2D eigenvalue weighted by atomic mass is 35.5. The summed E-state index contributed by atoms with van der Waals surface area (Å²) in [7, 11) is 0. The van der Waals surface area contributed by atoms with Crippen molar-refractivity contribution in [3.8, 4) is 0 Å². The number of carboxylic acid groups (broad SMARTS) is 2. The number of halogens is 1. The van der Waals surface area contributed by atoms with Crippen LogP contribution in [0.15, 0.2) is 18.2 Å². The normalized spacial score (nSPS) is 11.5. The van der Waals surface area contributed by atoms with Crippen molar-refractivity contribution in [1.29, 1.82) is 0 Å². The van der Waals surface area contributed by atoms with Crippen molar-refractivity contribution in [2.75, 3.05) is 5.32 Å². The van der Waals surface area contributed by atoms with Crippen LogP contribution in [-0.4, -0.2) is 34.2 Å². The summed E-state index contributed by atoms with van der Waals surface area (Å²) in [6.07, 6.45) is -0.567. The minimum absolute atomic E-state index is 0.209. The van der Waals surface area contributed by atoms with Gasteiger partial charge in [0.15, 0.2) is 0 Å². The van der Waals surface area contributed by atoms with Gasteiger partial charge in [-0.25, -0.2) is 9.59 Å². The number of rotatable bonds is 6. The van der Waals surface area contributed by atoms with Gasteiger partial charge in [0.1, 0.15) is 6.04 Å². The fourth-order valence-electron chi connectivity index (χ4n) is 1.58. The van der Waals surface area contributed by atoms with Gasteiger partial charge >= 0.3 is 18.0 Å². The summed E-state index contributed by atoms with van der Waals surface area (Å²) in [6, 6.07) is 2.95. The number of aliphatic carboxylic acids is 2. The van der Waals surface area contributed by atoms with E-state index in [0.29, 0.717) is 10.7 Å². The van der Waals surface area contributed by atoms with Crippen LogP contribution in [0.5, 0.6) is 0 Å². The molecule has 0 spiro atoms. The first kappa shape index (κ1) is 16.8. The summed E-state index contributed by atoms with van der Waals surface area (Å²) in [6.45, 7) is 1.81. The summed E-state index contributed by atoms with van der Waals surface area (Å²) in [5, 5.41) is 22.4. The summed E-state index contributed by atoms with van der Waals surface area (Å²) in [4.78, 5) is 33.1. The lowest BCUT2D eigenvalue weighted by molar-refractivity contribution is -0.140. The highest BCUT2D eigenvalue weighted by Gasteiger charge is 2.21. The second kappa shape index (κ2) is 7.49. The number of carboxylic acids is 2. The zero-order valence-corrected chi connectivity index (χ0v) is 12.0. The molecule has 8 heteroatoms. The Kier molecular flexibility index (Phi) is 5.98. The number of hydrogen-bond acceptors (Lipinski definition) is 3. The van der Waals surface area contributed by atoms with Gasteiger partial charge in [0.25, 0.3) is 0 Å². The monoisotopic (exact) mass is 314 g/mol. The number of nitrogens with one attached hydrogen (secondary N) is 2. The molecule has 0 aliphatic heterocycles. The van der Waals surface area contributed by atoms with E-state index in [-0.39, 0.29) is 12.8 Å². The molecule has 1 aromatic carbocycles. The predicted molar refractivity (Wildman–Crippen MR) is 76.6 cm³/mol. The van der Waals surface area contributed by atoms with Crippen molar-refractivity contribution in [3.63, 3.8) is 0 Å². The van der Waals surface area contributed by atoms with Crippen molar-refractivity contribution < 1.29 is 24.6 Å². The molecule has 0 fully saturated rings. The number of aryl methyl sites for hydroxylation is 1. The molecule has 0 saturated carbocycles. The number of carbonyl (C=O) groups is 3. The Morgan fingerprint density at radius 1 is 1.29 bits per heavy atom. The highest BCUT2D eigenvalue weighted by molar-refractivity contribution is 6.33. The van der Waals surface area contributed by atoms with Crippen molar-refractivity contribution in [2.45, 2.75) is 25.8 Å². The van der Waals surface area contributed by atoms with Gasteiger partial charge in [-0.1, -0.05) is 17.7 Å². The number of carbonyl (C=O) groups excluding carboxylic acids is 1. The standard InChI is InChI=1S/C13H15ClN2O5/c1-7-2-3-8(14)10(6-7)16-13(21)15-9(12(19)20)4-5-11(17)18/h2-3,6,9H,4-5H2,1H3,(H,17,18)(H,19,20)(H2,15,16,21). The lowest BCUT2D eigenvalue weighted by atomic mass is 10.1. The minimum atomic E-state index is -1.30. The number of benzene rings is 1. The summed E-state index contributed by atoms with van der Waals surface area (Å²) < 4.78 is 0. The van der Waals surface area contributed by atoms with Crippen LogP contribution >= 0.6 is 11.6 Å². The van der Waals surface area contributed by atoms with Crippen molar-refractivity contribution in [3.05, 3.63) is 28.8 Å². The Morgan fingerprint density at radius 2 is 1.95 bits per heavy atom. The SMILES string of the molecule is Cc1ccc(Cl)c(NC(=O)NC(CCC(=O)O)C(=O)O)c1. The fraction of sp³-hybridized carbons (Fsp3) is 0.308. The van der Waals surface area contributed by atoms with Crippen molar-refractivity contribution in [2.24, 2.45) is 0 Å². The third-order valence-corrected chi connectivity index (χ3v) is 2.95. The van der Waals surface area contributed by atoms with E-state index in [2.05, 4.69) is 10.6 Å². The number of anilines is 1. The molecule has 1 unspecified atom stereocenters. The Balaban J connectivity index is 2.67. The molecule has 0 aliphatic rings. The first-order chi connectivity index (χ1) is 9.79. The molecule has 114 valence electrons. The average molecular weight is 315 g/mol. The van der Waals surface area contributed by atoms with Crippen LogP contribution < -0.4 is 10.6 Å². The number of urea groups is 1. The van der Waals surface area contributed by atoms with Crippen LogP contribution in [-0.2, 0) is 9.59 Å². The molecule has 0 aromatic heterocycles. The van der Waals surface area contributed by atoms with Crippen LogP contribution in [0.4, 0.5) is 10.5 Å². The molecule has 1 atom stereocenters. The zero-order valence-electron chi connectivity index (χ0n) is 11.2. The third kappa shape index (κ3) is 5.70. The first-order valence-corrected chi connectivity index (χ1v) is 6.45. The van der Waals surface area contributed by atoms with Crippen LogP contribution in [0, 0.1) is 6.92 Å². The Morgan fingerprint density at radius 3 is 2.52 bits per heavy atom. The fourth-order valence-corrected chi connectivity index (χ4v) is 1.74. The van der Waals surface area contributed by atoms with Crippen LogP contribution in [0.1, 0.15) is 18.4 Å². The molecule has 0 bridgehead atoms. The summed E-state index contributed by atoms with van der Waals surface area (Å²) in [5.74, 6) is -2.44. The topological polar surface area (TPSA) is 116 Å².